The van der Waals surface area contributed by atoms with Gasteiger partial charge in [0, 0.05) is 0 Å². The highest BCUT2D eigenvalue weighted by atomic mass is 35.6. The molecule has 1 aliphatic rings. The van der Waals surface area contributed by atoms with Crippen LogP contribution in [0, 0.1) is 0 Å². The van der Waals surface area contributed by atoms with Crippen molar-refractivity contribution in [3.8, 4) is 0 Å². The fourth-order valence-electron chi connectivity index (χ4n) is 1.60. The van der Waals surface area contributed by atoms with E-state index in [1.54, 1.807) is 0 Å². The topological polar surface area (TPSA) is 40.0 Å². The highest BCUT2D eigenvalue weighted by Gasteiger charge is 2.45. The van der Waals surface area contributed by atoms with E-state index < -0.39 is 13.8 Å². The van der Waals surface area contributed by atoms with E-state index in [0.29, 0.717) is 5.84 Å². The predicted molar refractivity (Wildman–Crippen MR) is 85.0 cm³/mol. The smallest absolute Gasteiger partial charge is 0.231 e. The van der Waals surface area contributed by atoms with E-state index in [0.717, 1.165) is 5.56 Å². The van der Waals surface area contributed by atoms with E-state index in [1.807, 2.05) is 30.3 Å². The molecule has 0 bridgehead atoms. The third-order valence-corrected chi connectivity index (χ3v) is 3.72. The summed E-state index contributed by atoms with van der Waals surface area (Å²) in [6.45, 7) is 0. The van der Waals surface area contributed by atoms with Gasteiger partial charge in [-0.05, 0) is 12.1 Å². The SMILES string of the molecule is ClC(Cl)(Cl)C1=[NH+][C@H](C(Cl)(Cl)Cl)[NH+]=C(c2ccccc2)N1. The van der Waals surface area contributed by atoms with Gasteiger partial charge in [-0.3, -0.25) is 0 Å². The van der Waals surface area contributed by atoms with E-state index in [4.69, 9.17) is 69.6 Å². The molecule has 3 nitrogen and oxygen atoms in total. The minimum absolute atomic E-state index is 0.205. The predicted octanol–water partition coefficient (Wildman–Crippen LogP) is 0.663. The summed E-state index contributed by atoms with van der Waals surface area (Å²) in [7, 11) is 0. The molecule has 2 rings (SSSR count). The number of nitrogens with one attached hydrogen (secondary N) is 3. The van der Waals surface area contributed by atoms with Crippen molar-refractivity contribution in [1.29, 1.82) is 0 Å². The van der Waals surface area contributed by atoms with Gasteiger partial charge in [-0.15, -0.1) is 0 Å². The van der Waals surface area contributed by atoms with Crippen LogP contribution in [0.2, 0.25) is 0 Å². The van der Waals surface area contributed by atoms with Gasteiger partial charge in [0.15, 0.2) is 0 Å². The first kappa shape index (κ1) is 16.5. The molecule has 20 heavy (non-hydrogen) atoms. The van der Waals surface area contributed by atoms with Crippen LogP contribution in [0.4, 0.5) is 0 Å². The van der Waals surface area contributed by atoms with Crippen LogP contribution >= 0.6 is 69.6 Å². The van der Waals surface area contributed by atoms with Gasteiger partial charge in [0.05, 0.1) is 5.56 Å². The van der Waals surface area contributed by atoms with E-state index >= 15 is 0 Å². The Labute approximate surface area is 145 Å². The molecule has 3 N–H and O–H groups in total. The standard InChI is InChI=1S/C11H7Cl6N3/c12-10(13,14)8-18-7(6-4-2-1-3-5-6)19-9(20-8)11(15,16)17/h1-5,8H,(H,18,19,20)/p+2/t8-/m1/s1. The Morgan fingerprint density at radius 1 is 0.900 bits per heavy atom. The lowest BCUT2D eigenvalue weighted by Crippen LogP contribution is -3.10. The molecule has 1 aromatic rings. The summed E-state index contributed by atoms with van der Waals surface area (Å²) in [4.78, 5) is 5.83. The van der Waals surface area contributed by atoms with Crippen molar-refractivity contribution in [2.45, 2.75) is 13.8 Å². The quantitative estimate of drug-likeness (QED) is 0.601. The highest BCUT2D eigenvalue weighted by molar-refractivity contribution is 6.76. The molecule has 1 heterocycles. The van der Waals surface area contributed by atoms with Crippen LogP contribution in [0.15, 0.2) is 30.3 Å². The van der Waals surface area contributed by atoms with Crippen molar-refractivity contribution in [2.24, 2.45) is 0 Å². The summed E-state index contributed by atoms with van der Waals surface area (Å²) in [6.07, 6.45) is -0.755. The molecule has 0 fully saturated rings. The molecule has 0 radical (unpaired) electrons. The molecule has 0 aromatic heterocycles. The zero-order valence-electron chi connectivity index (χ0n) is 9.73. The van der Waals surface area contributed by atoms with Crippen molar-refractivity contribution in [2.75, 3.05) is 0 Å². The minimum atomic E-state index is -1.70. The van der Waals surface area contributed by atoms with Crippen LogP contribution in [-0.4, -0.2) is 25.4 Å². The van der Waals surface area contributed by atoms with Gasteiger partial charge in [0.1, 0.15) is 0 Å². The van der Waals surface area contributed by atoms with Crippen molar-refractivity contribution >= 4 is 81.3 Å². The van der Waals surface area contributed by atoms with Crippen LogP contribution in [0.5, 0.6) is 0 Å². The van der Waals surface area contributed by atoms with Gasteiger partial charge in [-0.25, -0.2) is 15.3 Å². The Morgan fingerprint density at radius 2 is 1.50 bits per heavy atom. The molecule has 1 aromatic carbocycles. The minimum Gasteiger partial charge on any atom is -0.231 e. The molecule has 0 saturated carbocycles. The van der Waals surface area contributed by atoms with Gasteiger partial charge in [-0.1, -0.05) is 87.8 Å². The Morgan fingerprint density at radius 3 is 2.00 bits per heavy atom. The highest BCUT2D eigenvalue weighted by Crippen LogP contribution is 2.27. The summed E-state index contributed by atoms with van der Waals surface area (Å²) >= 11 is 35.3. The zero-order valence-corrected chi connectivity index (χ0v) is 14.3. The lowest BCUT2D eigenvalue weighted by Gasteiger charge is -2.21. The first-order valence-corrected chi connectivity index (χ1v) is 7.68. The third kappa shape index (κ3) is 4.06. The van der Waals surface area contributed by atoms with E-state index in [1.165, 1.54) is 0 Å². The molecule has 0 aliphatic carbocycles. The van der Waals surface area contributed by atoms with Crippen molar-refractivity contribution in [3.05, 3.63) is 35.9 Å². The number of amidine groups is 2. The second-order valence-electron chi connectivity index (χ2n) is 4.00. The first-order valence-electron chi connectivity index (χ1n) is 5.41. The van der Waals surface area contributed by atoms with Crippen molar-refractivity contribution in [3.63, 3.8) is 0 Å². The second-order valence-corrected chi connectivity index (χ2v) is 8.65. The van der Waals surface area contributed by atoms with Gasteiger partial charge in [0.2, 0.25) is 0 Å². The molecule has 0 saturated heterocycles. The summed E-state index contributed by atoms with van der Waals surface area (Å²) in [5.74, 6) is 0.776. The van der Waals surface area contributed by atoms with E-state index in [2.05, 4.69) is 15.3 Å². The number of alkyl halides is 6. The fraction of sp³-hybridized carbons (Fsp3) is 0.273. The Kier molecular flexibility index (Phi) is 5.00. The average Bonchev–Trinajstić information content (AvgIpc) is 2.37. The summed E-state index contributed by atoms with van der Waals surface area (Å²) < 4.78 is -3.33. The number of hydrogen-bond donors (Lipinski definition) is 3. The Bertz CT molecular complexity index is 544. The fourth-order valence-corrected chi connectivity index (χ4v) is 2.23. The van der Waals surface area contributed by atoms with Crippen LogP contribution in [0.25, 0.3) is 0 Å². The number of hydrogen-bond acceptors (Lipinski definition) is 1. The molecule has 1 atom stereocenters. The number of rotatable bonds is 1. The molecular weight excluding hydrogens is 387 g/mol. The van der Waals surface area contributed by atoms with Crippen molar-refractivity contribution in [1.82, 2.24) is 5.32 Å². The van der Waals surface area contributed by atoms with Crippen LogP contribution in [0.3, 0.4) is 0 Å². The van der Waals surface area contributed by atoms with Crippen molar-refractivity contribution < 1.29 is 9.98 Å². The maximum atomic E-state index is 5.90. The second kappa shape index (κ2) is 6.07. The van der Waals surface area contributed by atoms with Crippen LogP contribution in [0.1, 0.15) is 5.56 Å². The molecule has 9 heteroatoms. The van der Waals surface area contributed by atoms with Gasteiger partial charge < -0.3 is 0 Å². The van der Waals surface area contributed by atoms with Crippen LogP contribution < -0.4 is 15.3 Å². The van der Waals surface area contributed by atoms with Gasteiger partial charge in [0.25, 0.3) is 19.6 Å². The molecule has 0 unspecified atom stereocenters. The van der Waals surface area contributed by atoms with Gasteiger partial charge in [-0.2, -0.15) is 0 Å². The van der Waals surface area contributed by atoms with Crippen LogP contribution in [-0.2, 0) is 0 Å². The molecular formula is C11H9Cl6N3+2. The lowest BCUT2D eigenvalue weighted by atomic mass is 10.2. The summed E-state index contributed by atoms with van der Waals surface area (Å²) in [5.41, 5.74) is 0.833. The number of benzene rings is 1. The maximum Gasteiger partial charge on any atom is 0.307 e. The number of halogens is 6. The Balaban J connectivity index is 2.42. The Hall–Kier alpha value is 0.100. The monoisotopic (exact) mass is 393 g/mol. The van der Waals surface area contributed by atoms with Gasteiger partial charge >= 0.3 is 5.84 Å². The molecule has 1 aliphatic heterocycles. The summed E-state index contributed by atoms with van der Waals surface area (Å²) in [5, 5.41) is 2.95. The molecule has 108 valence electrons. The summed E-state index contributed by atoms with van der Waals surface area (Å²) in [6, 6.07) is 9.36. The van der Waals surface area contributed by atoms with E-state index in [9.17, 15) is 0 Å². The maximum absolute atomic E-state index is 5.90. The molecule has 0 spiro atoms. The zero-order chi connectivity index (χ0) is 15.0. The third-order valence-electron chi connectivity index (χ3n) is 2.50. The normalized spacial score (nSPS) is 20.0. The molecule has 0 amide bonds. The average molecular weight is 396 g/mol. The first-order chi connectivity index (χ1) is 9.18. The largest absolute Gasteiger partial charge is 0.307 e. The van der Waals surface area contributed by atoms with E-state index in [-0.39, 0.29) is 5.84 Å². The lowest BCUT2D eigenvalue weighted by molar-refractivity contribution is -0.740.